The third-order valence-electron chi connectivity index (χ3n) is 2.76. The molecule has 0 unspecified atom stereocenters. The number of halogens is 3. The lowest BCUT2D eigenvalue weighted by molar-refractivity contribution is 0.491. The van der Waals surface area contributed by atoms with Gasteiger partial charge in [0.15, 0.2) is 17.5 Å². The largest absolute Gasteiger partial charge is 0.393 e. The van der Waals surface area contributed by atoms with Gasteiger partial charge in [-0.15, -0.1) is 0 Å². The number of nitrogens with two attached hydrogens (primary N) is 1. The van der Waals surface area contributed by atoms with E-state index in [1.54, 1.807) is 13.8 Å². The molecule has 1 aromatic carbocycles. The van der Waals surface area contributed by atoms with Gasteiger partial charge in [-0.2, -0.15) is 0 Å². The van der Waals surface area contributed by atoms with Crippen molar-refractivity contribution in [1.29, 1.82) is 0 Å². The van der Waals surface area contributed by atoms with Crippen molar-refractivity contribution in [2.24, 2.45) is 0 Å². The standard InChI is InChI=1S/C12H12F3N3O/c1-5(2)11-10(16)12(19)18(17-11)9-4-7(14)6(13)3-8(9)15/h3-5,17H,16H2,1-2H3. The molecule has 0 aliphatic carbocycles. The average molecular weight is 271 g/mol. The van der Waals surface area contributed by atoms with Crippen molar-refractivity contribution in [3.63, 3.8) is 0 Å². The molecular formula is C12H12F3N3O. The second-order valence-corrected chi connectivity index (χ2v) is 4.45. The van der Waals surface area contributed by atoms with Gasteiger partial charge >= 0.3 is 0 Å². The quantitative estimate of drug-likeness (QED) is 0.823. The van der Waals surface area contributed by atoms with E-state index in [2.05, 4.69) is 5.10 Å². The van der Waals surface area contributed by atoms with Gasteiger partial charge < -0.3 is 5.73 Å². The van der Waals surface area contributed by atoms with Crippen LogP contribution in [0.4, 0.5) is 18.9 Å². The molecule has 0 bridgehead atoms. The summed E-state index contributed by atoms with van der Waals surface area (Å²) in [5.41, 5.74) is 4.83. The van der Waals surface area contributed by atoms with Crippen LogP contribution in [0.25, 0.3) is 5.69 Å². The molecule has 0 radical (unpaired) electrons. The minimum atomic E-state index is -1.32. The molecule has 4 nitrogen and oxygen atoms in total. The first-order valence-corrected chi connectivity index (χ1v) is 5.58. The number of nitrogens with zero attached hydrogens (tertiary/aromatic N) is 1. The van der Waals surface area contributed by atoms with Crippen LogP contribution in [0.15, 0.2) is 16.9 Å². The Balaban J connectivity index is 2.70. The minimum Gasteiger partial charge on any atom is -0.393 e. The summed E-state index contributed by atoms with van der Waals surface area (Å²) < 4.78 is 40.4. The molecule has 0 aliphatic heterocycles. The summed E-state index contributed by atoms with van der Waals surface area (Å²) in [7, 11) is 0. The predicted octanol–water partition coefficient (Wildman–Crippen LogP) is 2.29. The van der Waals surface area contributed by atoms with E-state index in [0.29, 0.717) is 17.8 Å². The molecule has 0 saturated carbocycles. The molecule has 0 spiro atoms. The van der Waals surface area contributed by atoms with Gasteiger partial charge in [-0.05, 0) is 5.92 Å². The molecule has 19 heavy (non-hydrogen) atoms. The Bertz CT molecular complexity index is 688. The highest BCUT2D eigenvalue weighted by atomic mass is 19.2. The van der Waals surface area contributed by atoms with Crippen molar-refractivity contribution in [2.75, 3.05) is 5.73 Å². The number of hydrogen-bond donors (Lipinski definition) is 2. The van der Waals surface area contributed by atoms with Crippen molar-refractivity contribution in [1.82, 2.24) is 9.78 Å². The Morgan fingerprint density at radius 3 is 2.26 bits per heavy atom. The zero-order valence-corrected chi connectivity index (χ0v) is 10.3. The van der Waals surface area contributed by atoms with Crippen molar-refractivity contribution in [3.8, 4) is 5.69 Å². The fraction of sp³-hybridized carbons (Fsp3) is 0.250. The van der Waals surface area contributed by atoms with Gasteiger partial charge in [0.1, 0.15) is 11.4 Å². The molecule has 1 aromatic heterocycles. The van der Waals surface area contributed by atoms with Crippen LogP contribution in [0.2, 0.25) is 0 Å². The molecule has 1 heterocycles. The molecule has 0 fully saturated rings. The summed E-state index contributed by atoms with van der Waals surface area (Å²) in [5.74, 6) is -3.72. The van der Waals surface area contributed by atoms with E-state index in [1.165, 1.54) is 0 Å². The third kappa shape index (κ3) is 2.11. The van der Waals surface area contributed by atoms with E-state index in [0.717, 1.165) is 4.68 Å². The summed E-state index contributed by atoms with van der Waals surface area (Å²) in [4.78, 5) is 11.9. The van der Waals surface area contributed by atoms with E-state index in [4.69, 9.17) is 5.73 Å². The first-order valence-electron chi connectivity index (χ1n) is 5.58. The topological polar surface area (TPSA) is 63.8 Å². The Morgan fingerprint density at radius 1 is 1.16 bits per heavy atom. The number of aromatic nitrogens is 2. The second kappa shape index (κ2) is 4.49. The van der Waals surface area contributed by atoms with Gasteiger partial charge in [0.05, 0.1) is 5.69 Å². The predicted molar refractivity (Wildman–Crippen MR) is 64.8 cm³/mol. The molecule has 2 rings (SSSR count). The van der Waals surface area contributed by atoms with Crippen molar-refractivity contribution < 1.29 is 13.2 Å². The molecule has 102 valence electrons. The van der Waals surface area contributed by atoms with Gasteiger partial charge in [-0.25, -0.2) is 17.9 Å². The van der Waals surface area contributed by atoms with Crippen LogP contribution >= 0.6 is 0 Å². The Morgan fingerprint density at radius 2 is 1.74 bits per heavy atom. The number of anilines is 1. The lowest BCUT2D eigenvalue weighted by Gasteiger charge is -2.05. The van der Waals surface area contributed by atoms with Gasteiger partial charge in [-0.1, -0.05) is 13.8 Å². The lowest BCUT2D eigenvalue weighted by Crippen LogP contribution is -2.18. The highest BCUT2D eigenvalue weighted by Crippen LogP contribution is 2.20. The van der Waals surface area contributed by atoms with Crippen LogP contribution in [0.3, 0.4) is 0 Å². The SMILES string of the molecule is CC(C)c1[nH]n(-c2cc(F)c(F)cc2F)c(=O)c1N. The normalized spacial score (nSPS) is 11.3. The van der Waals surface area contributed by atoms with E-state index in [9.17, 15) is 18.0 Å². The molecule has 2 aromatic rings. The van der Waals surface area contributed by atoms with Crippen molar-refractivity contribution in [2.45, 2.75) is 19.8 Å². The second-order valence-electron chi connectivity index (χ2n) is 4.45. The van der Waals surface area contributed by atoms with E-state index >= 15 is 0 Å². The van der Waals surface area contributed by atoms with Crippen LogP contribution in [0, 0.1) is 17.5 Å². The highest BCUT2D eigenvalue weighted by Gasteiger charge is 2.18. The van der Waals surface area contributed by atoms with E-state index in [1.807, 2.05) is 0 Å². The number of nitrogens with one attached hydrogen (secondary N) is 1. The lowest BCUT2D eigenvalue weighted by atomic mass is 10.1. The zero-order chi connectivity index (χ0) is 14.3. The summed E-state index contributed by atoms with van der Waals surface area (Å²) in [6, 6.07) is 0.981. The zero-order valence-electron chi connectivity index (χ0n) is 10.3. The minimum absolute atomic E-state index is 0.0702. The number of rotatable bonds is 2. The fourth-order valence-electron chi connectivity index (χ4n) is 1.76. The number of aromatic amines is 1. The summed E-state index contributed by atoms with van der Waals surface area (Å²) >= 11 is 0. The molecule has 0 saturated heterocycles. The van der Waals surface area contributed by atoms with E-state index < -0.39 is 28.7 Å². The van der Waals surface area contributed by atoms with Gasteiger partial charge in [0, 0.05) is 12.1 Å². The van der Waals surface area contributed by atoms with Crippen LogP contribution in [-0.2, 0) is 0 Å². The van der Waals surface area contributed by atoms with Crippen LogP contribution < -0.4 is 11.3 Å². The molecule has 0 amide bonds. The smallest absolute Gasteiger partial charge is 0.294 e. The maximum Gasteiger partial charge on any atom is 0.294 e. The number of nitrogen functional groups attached to an aromatic ring is 1. The Hall–Kier alpha value is -2.18. The number of benzene rings is 1. The Kier molecular flexibility index (Phi) is 3.13. The summed E-state index contributed by atoms with van der Waals surface area (Å²) in [6.45, 7) is 3.57. The van der Waals surface area contributed by atoms with Crippen LogP contribution in [0.5, 0.6) is 0 Å². The summed E-state index contributed by atoms with van der Waals surface area (Å²) in [6.07, 6.45) is 0. The number of hydrogen-bond acceptors (Lipinski definition) is 2. The number of H-pyrrole nitrogens is 1. The fourth-order valence-corrected chi connectivity index (χ4v) is 1.76. The van der Waals surface area contributed by atoms with Crippen molar-refractivity contribution >= 4 is 5.69 Å². The highest BCUT2D eigenvalue weighted by molar-refractivity contribution is 5.46. The first kappa shape index (κ1) is 13.3. The van der Waals surface area contributed by atoms with Crippen molar-refractivity contribution in [3.05, 3.63) is 45.6 Å². The third-order valence-corrected chi connectivity index (χ3v) is 2.76. The van der Waals surface area contributed by atoms with E-state index in [-0.39, 0.29) is 11.6 Å². The monoisotopic (exact) mass is 271 g/mol. The van der Waals surface area contributed by atoms with Gasteiger partial charge in [-0.3, -0.25) is 9.89 Å². The maximum absolute atomic E-state index is 13.6. The molecule has 3 N–H and O–H groups in total. The first-order chi connectivity index (χ1) is 8.82. The maximum atomic E-state index is 13.6. The summed E-state index contributed by atoms with van der Waals surface area (Å²) in [5, 5.41) is 2.60. The molecular weight excluding hydrogens is 259 g/mol. The molecule has 7 heteroatoms. The molecule has 0 aliphatic rings. The van der Waals surface area contributed by atoms with Gasteiger partial charge in [0.2, 0.25) is 0 Å². The van der Waals surface area contributed by atoms with Crippen LogP contribution in [-0.4, -0.2) is 9.78 Å². The van der Waals surface area contributed by atoms with Crippen LogP contribution in [0.1, 0.15) is 25.5 Å². The van der Waals surface area contributed by atoms with Gasteiger partial charge in [0.25, 0.3) is 5.56 Å². The Labute approximate surface area is 106 Å². The average Bonchev–Trinajstić information content (AvgIpc) is 2.62. The molecule has 0 atom stereocenters.